The quantitative estimate of drug-likeness (QED) is 0.480. The minimum atomic E-state index is -3.49. The number of aromatic nitrogens is 1. The lowest BCUT2D eigenvalue weighted by atomic mass is 10.3. The van der Waals surface area contributed by atoms with Gasteiger partial charge in [-0.3, -0.25) is 4.79 Å². The SMILES string of the molecule is C=CCn1c(=NC(=O)CCCS(=O)(=O)c2ccc(Cl)cc2)sc2cc3c(cc21)OCO3. The van der Waals surface area contributed by atoms with E-state index in [-0.39, 0.29) is 36.2 Å². The second-order valence-electron chi connectivity index (χ2n) is 6.84. The number of carbonyl (C=O) groups excluding carboxylic acids is 1. The Morgan fingerprint density at radius 1 is 1.23 bits per heavy atom. The van der Waals surface area contributed by atoms with Crippen molar-refractivity contribution in [1.29, 1.82) is 0 Å². The molecule has 0 N–H and O–H groups in total. The lowest BCUT2D eigenvalue weighted by Gasteiger charge is -2.04. The molecule has 0 radical (unpaired) electrons. The van der Waals surface area contributed by atoms with Crippen LogP contribution in [0.4, 0.5) is 0 Å². The number of sulfone groups is 1. The zero-order valence-electron chi connectivity index (χ0n) is 16.4. The molecule has 0 unspecified atom stereocenters. The van der Waals surface area contributed by atoms with Gasteiger partial charge in [-0.15, -0.1) is 6.58 Å². The van der Waals surface area contributed by atoms with E-state index in [1.54, 1.807) is 6.08 Å². The van der Waals surface area contributed by atoms with E-state index >= 15 is 0 Å². The van der Waals surface area contributed by atoms with Gasteiger partial charge in [0, 0.05) is 30.1 Å². The van der Waals surface area contributed by atoms with Crippen molar-refractivity contribution in [3.63, 3.8) is 0 Å². The number of hydrogen-bond donors (Lipinski definition) is 0. The summed E-state index contributed by atoms with van der Waals surface area (Å²) in [5.74, 6) is 0.782. The van der Waals surface area contributed by atoms with Gasteiger partial charge in [0.2, 0.25) is 12.7 Å². The van der Waals surface area contributed by atoms with E-state index in [1.807, 2.05) is 16.7 Å². The van der Waals surface area contributed by atoms with Crippen molar-refractivity contribution in [3.8, 4) is 11.5 Å². The van der Waals surface area contributed by atoms with Crippen LogP contribution in [0.25, 0.3) is 10.2 Å². The van der Waals surface area contributed by atoms with Crippen LogP contribution >= 0.6 is 22.9 Å². The molecule has 1 aliphatic heterocycles. The van der Waals surface area contributed by atoms with Gasteiger partial charge in [0.15, 0.2) is 26.1 Å². The summed E-state index contributed by atoms with van der Waals surface area (Å²) >= 11 is 7.16. The largest absolute Gasteiger partial charge is 0.454 e. The van der Waals surface area contributed by atoms with Gasteiger partial charge in [-0.25, -0.2) is 8.42 Å². The van der Waals surface area contributed by atoms with Crippen LogP contribution in [0.3, 0.4) is 0 Å². The summed E-state index contributed by atoms with van der Waals surface area (Å²) < 4.78 is 38.5. The topological polar surface area (TPSA) is 87.0 Å². The summed E-state index contributed by atoms with van der Waals surface area (Å²) in [4.78, 5) is 17.4. The zero-order chi connectivity index (χ0) is 22.0. The predicted molar refractivity (Wildman–Crippen MR) is 119 cm³/mol. The van der Waals surface area contributed by atoms with Crippen LogP contribution in [0.5, 0.6) is 11.5 Å². The van der Waals surface area contributed by atoms with Crippen molar-refractivity contribution in [2.75, 3.05) is 12.5 Å². The summed E-state index contributed by atoms with van der Waals surface area (Å²) in [7, 11) is -3.49. The summed E-state index contributed by atoms with van der Waals surface area (Å²) in [6.07, 6.45) is 1.92. The highest BCUT2D eigenvalue weighted by molar-refractivity contribution is 7.91. The summed E-state index contributed by atoms with van der Waals surface area (Å²) in [6.45, 7) is 4.42. The summed E-state index contributed by atoms with van der Waals surface area (Å²) in [6, 6.07) is 9.71. The standard InChI is InChI=1S/C21H19ClN2O5S2/c1-2-9-24-16-11-17-18(29-13-28-17)12-19(16)30-21(24)23-20(25)4-3-10-31(26,27)15-7-5-14(22)6-8-15/h2,5-8,11-12H,1,3-4,9-10,13H2. The van der Waals surface area contributed by atoms with Crippen LogP contribution in [0.2, 0.25) is 5.02 Å². The molecule has 0 fully saturated rings. The van der Waals surface area contributed by atoms with Crippen molar-refractivity contribution >= 4 is 48.9 Å². The van der Waals surface area contributed by atoms with E-state index in [9.17, 15) is 13.2 Å². The molecule has 2 heterocycles. The molecule has 0 spiro atoms. The Morgan fingerprint density at radius 3 is 2.65 bits per heavy atom. The van der Waals surface area contributed by atoms with Crippen LogP contribution in [-0.4, -0.2) is 31.4 Å². The van der Waals surface area contributed by atoms with Gasteiger partial charge in [0.25, 0.3) is 0 Å². The van der Waals surface area contributed by atoms with E-state index in [0.717, 1.165) is 10.2 Å². The van der Waals surface area contributed by atoms with Crippen LogP contribution in [0, 0.1) is 0 Å². The van der Waals surface area contributed by atoms with Crippen molar-refractivity contribution in [1.82, 2.24) is 4.57 Å². The smallest absolute Gasteiger partial charge is 0.248 e. The lowest BCUT2D eigenvalue weighted by Crippen LogP contribution is -2.16. The molecule has 162 valence electrons. The summed E-state index contributed by atoms with van der Waals surface area (Å²) in [5, 5.41) is 0.465. The van der Waals surface area contributed by atoms with Crippen molar-refractivity contribution in [3.05, 3.63) is 58.9 Å². The molecule has 3 aromatic rings. The molecule has 0 saturated heterocycles. The molecule has 7 nitrogen and oxygen atoms in total. The number of ether oxygens (including phenoxy) is 2. The fourth-order valence-electron chi connectivity index (χ4n) is 3.19. The Labute approximate surface area is 188 Å². The third-order valence-corrected chi connectivity index (χ3v) is 7.80. The number of rotatable bonds is 7. The number of allylic oxidation sites excluding steroid dienone is 1. The van der Waals surface area contributed by atoms with Crippen LogP contribution in [-0.2, 0) is 21.2 Å². The van der Waals surface area contributed by atoms with Gasteiger partial charge in [0.05, 0.1) is 20.9 Å². The first-order valence-corrected chi connectivity index (χ1v) is 12.3. The average molecular weight is 479 g/mol. The fourth-order valence-corrected chi connectivity index (χ4v) is 5.69. The maximum absolute atomic E-state index is 12.5. The number of halogens is 1. The second-order valence-corrected chi connectivity index (χ2v) is 10.4. The third kappa shape index (κ3) is 4.68. The van der Waals surface area contributed by atoms with Crippen LogP contribution in [0.15, 0.2) is 58.9 Å². The molecular formula is C21H19ClN2O5S2. The molecule has 0 atom stereocenters. The van der Waals surface area contributed by atoms with E-state index in [1.165, 1.54) is 35.6 Å². The van der Waals surface area contributed by atoms with Gasteiger partial charge >= 0.3 is 0 Å². The predicted octanol–water partition coefficient (Wildman–Crippen LogP) is 3.95. The lowest BCUT2D eigenvalue weighted by molar-refractivity contribution is -0.118. The molecule has 0 aliphatic carbocycles. The Kier molecular flexibility index (Phi) is 6.17. The number of benzene rings is 2. The molecule has 10 heteroatoms. The molecule has 0 bridgehead atoms. The molecule has 0 saturated carbocycles. The molecule has 2 aromatic carbocycles. The number of nitrogens with zero attached hydrogens (tertiary/aromatic N) is 2. The molecule has 31 heavy (non-hydrogen) atoms. The number of carbonyl (C=O) groups is 1. The molecule has 4 rings (SSSR count). The highest BCUT2D eigenvalue weighted by atomic mass is 35.5. The van der Waals surface area contributed by atoms with E-state index in [2.05, 4.69) is 11.6 Å². The van der Waals surface area contributed by atoms with Crippen molar-refractivity contribution < 1.29 is 22.7 Å². The fraction of sp³-hybridized carbons (Fsp3) is 0.238. The molecular weight excluding hydrogens is 460 g/mol. The Morgan fingerprint density at radius 2 is 1.94 bits per heavy atom. The average Bonchev–Trinajstić information content (AvgIpc) is 3.31. The maximum atomic E-state index is 12.5. The molecule has 1 aromatic heterocycles. The number of fused-ring (bicyclic) bond motifs is 2. The highest BCUT2D eigenvalue weighted by Gasteiger charge is 2.18. The van der Waals surface area contributed by atoms with Gasteiger partial charge in [-0.05, 0) is 30.7 Å². The zero-order valence-corrected chi connectivity index (χ0v) is 18.8. The van der Waals surface area contributed by atoms with E-state index < -0.39 is 9.84 Å². The van der Waals surface area contributed by atoms with Gasteiger partial charge < -0.3 is 14.0 Å². The number of thiazole rings is 1. The van der Waals surface area contributed by atoms with Crippen molar-refractivity contribution in [2.24, 2.45) is 4.99 Å². The normalized spacial score (nSPS) is 13.6. The highest BCUT2D eigenvalue weighted by Crippen LogP contribution is 2.37. The minimum absolute atomic E-state index is 0.0257. The maximum Gasteiger partial charge on any atom is 0.248 e. The summed E-state index contributed by atoms with van der Waals surface area (Å²) in [5.41, 5.74) is 0.867. The Bertz CT molecular complexity index is 1320. The van der Waals surface area contributed by atoms with E-state index in [0.29, 0.717) is 27.9 Å². The number of amides is 1. The van der Waals surface area contributed by atoms with Crippen LogP contribution in [0.1, 0.15) is 12.8 Å². The van der Waals surface area contributed by atoms with Crippen LogP contribution < -0.4 is 14.3 Å². The third-order valence-electron chi connectivity index (χ3n) is 4.69. The first-order valence-electron chi connectivity index (χ1n) is 9.47. The first-order chi connectivity index (χ1) is 14.9. The Hall–Kier alpha value is -2.62. The Balaban J connectivity index is 1.51. The monoisotopic (exact) mass is 478 g/mol. The van der Waals surface area contributed by atoms with Gasteiger partial charge in [-0.1, -0.05) is 29.0 Å². The van der Waals surface area contributed by atoms with E-state index in [4.69, 9.17) is 21.1 Å². The van der Waals surface area contributed by atoms with Gasteiger partial charge in [0.1, 0.15) is 0 Å². The molecule has 1 amide bonds. The number of hydrogen-bond acceptors (Lipinski definition) is 6. The second kappa shape index (κ2) is 8.86. The molecule has 1 aliphatic rings. The van der Waals surface area contributed by atoms with Crippen molar-refractivity contribution in [2.45, 2.75) is 24.3 Å². The van der Waals surface area contributed by atoms with Gasteiger partial charge in [-0.2, -0.15) is 4.99 Å². The minimum Gasteiger partial charge on any atom is -0.454 e. The first kappa shape index (κ1) is 21.6.